The van der Waals surface area contributed by atoms with Crippen LogP contribution in [-0.2, 0) is 0 Å². The molecule has 0 saturated carbocycles. The molecule has 0 bridgehead atoms. The summed E-state index contributed by atoms with van der Waals surface area (Å²) >= 11 is 0. The minimum atomic E-state index is -1.83. The zero-order chi connectivity index (χ0) is 12.7. The first-order valence-electron chi connectivity index (χ1n) is 5.54. The fourth-order valence-electron chi connectivity index (χ4n) is 1.82. The Labute approximate surface area is 101 Å². The fourth-order valence-corrected chi connectivity index (χ4v) is 1.82. The Kier molecular flexibility index (Phi) is 5.29. The second-order valence-electron chi connectivity index (χ2n) is 3.81. The van der Waals surface area contributed by atoms with Gasteiger partial charge in [-0.05, 0) is 18.6 Å². The Morgan fingerprint density at radius 3 is 2.29 bits per heavy atom. The number of nitrogens with zero attached hydrogens (tertiary/aromatic N) is 1. The Balaban J connectivity index is 0.000000317. The number of rotatable bonds is 1. The van der Waals surface area contributed by atoms with E-state index in [1.165, 1.54) is 11.3 Å². The normalized spacial score (nSPS) is 14.8. The number of hydrogen-bond acceptors (Lipinski definition) is 3. The Bertz CT molecular complexity index is 359. The van der Waals surface area contributed by atoms with Crippen molar-refractivity contribution in [3.05, 3.63) is 29.8 Å². The monoisotopic (exact) mass is 238 g/mol. The lowest BCUT2D eigenvalue weighted by atomic mass is 10.1. The smallest absolute Gasteiger partial charge is 0.450 e. The molecule has 1 heterocycles. The summed E-state index contributed by atoms with van der Waals surface area (Å²) < 4.78 is 0. The van der Waals surface area contributed by atoms with Gasteiger partial charge in [-0.15, -0.1) is 0 Å². The molecule has 0 spiro atoms. The van der Waals surface area contributed by atoms with Crippen LogP contribution in [0.4, 0.5) is 10.5 Å². The van der Waals surface area contributed by atoms with Crippen molar-refractivity contribution in [1.82, 2.24) is 5.32 Å². The van der Waals surface area contributed by atoms with Crippen LogP contribution in [0.5, 0.6) is 0 Å². The molecular weight excluding hydrogens is 220 g/mol. The number of piperazine rings is 1. The summed E-state index contributed by atoms with van der Waals surface area (Å²) in [6.45, 7) is 6.65. The summed E-state index contributed by atoms with van der Waals surface area (Å²) in [5.41, 5.74) is 2.77. The molecule has 17 heavy (non-hydrogen) atoms. The van der Waals surface area contributed by atoms with Crippen LogP contribution in [0.25, 0.3) is 0 Å². The van der Waals surface area contributed by atoms with E-state index in [2.05, 4.69) is 41.4 Å². The molecule has 1 aliphatic heterocycles. The molecule has 5 heteroatoms. The molecule has 1 aromatic carbocycles. The Morgan fingerprint density at radius 2 is 1.76 bits per heavy atom. The number of anilines is 1. The van der Waals surface area contributed by atoms with Crippen LogP contribution >= 0.6 is 0 Å². The number of aryl methyl sites for hydroxylation is 1. The molecule has 0 amide bonds. The third-order valence-electron chi connectivity index (χ3n) is 2.57. The number of nitrogens with one attached hydrogen (secondary N) is 1. The summed E-state index contributed by atoms with van der Waals surface area (Å²) in [6.07, 6.45) is -1.83. The van der Waals surface area contributed by atoms with E-state index in [9.17, 15) is 0 Å². The van der Waals surface area contributed by atoms with E-state index in [1.807, 2.05) is 0 Å². The highest BCUT2D eigenvalue weighted by atomic mass is 16.6. The van der Waals surface area contributed by atoms with Crippen LogP contribution in [0.2, 0.25) is 0 Å². The quantitative estimate of drug-likeness (QED) is 0.693. The van der Waals surface area contributed by atoms with Crippen LogP contribution in [0, 0.1) is 6.92 Å². The largest absolute Gasteiger partial charge is 0.503 e. The fraction of sp³-hybridized carbons (Fsp3) is 0.417. The molecule has 0 radical (unpaired) electrons. The molecule has 5 nitrogen and oxygen atoms in total. The summed E-state index contributed by atoms with van der Waals surface area (Å²) in [4.78, 5) is 11.0. The van der Waals surface area contributed by atoms with Gasteiger partial charge in [-0.3, -0.25) is 0 Å². The zero-order valence-corrected chi connectivity index (χ0v) is 9.89. The molecule has 0 unspecified atom stereocenters. The van der Waals surface area contributed by atoms with Gasteiger partial charge in [-0.25, -0.2) is 4.79 Å². The van der Waals surface area contributed by atoms with Crippen molar-refractivity contribution < 1.29 is 15.0 Å². The van der Waals surface area contributed by atoms with Crippen LogP contribution in [-0.4, -0.2) is 42.5 Å². The molecule has 1 aliphatic rings. The topological polar surface area (TPSA) is 72.8 Å². The van der Waals surface area contributed by atoms with Gasteiger partial charge in [0.05, 0.1) is 0 Å². The summed E-state index contributed by atoms with van der Waals surface area (Å²) in [6, 6.07) is 8.60. The van der Waals surface area contributed by atoms with Crippen molar-refractivity contribution in [2.45, 2.75) is 6.92 Å². The number of carboxylic acid groups (broad SMARTS) is 2. The molecule has 3 N–H and O–H groups in total. The molecule has 0 atom stereocenters. The van der Waals surface area contributed by atoms with E-state index < -0.39 is 6.16 Å². The molecule has 1 fully saturated rings. The molecule has 2 rings (SSSR count). The van der Waals surface area contributed by atoms with Crippen molar-refractivity contribution >= 4 is 11.8 Å². The number of hydrogen-bond donors (Lipinski definition) is 3. The van der Waals surface area contributed by atoms with E-state index in [4.69, 9.17) is 15.0 Å². The van der Waals surface area contributed by atoms with Gasteiger partial charge in [0.25, 0.3) is 0 Å². The zero-order valence-electron chi connectivity index (χ0n) is 9.89. The molecule has 94 valence electrons. The van der Waals surface area contributed by atoms with Crippen LogP contribution < -0.4 is 10.2 Å². The SMILES string of the molecule is Cc1ccccc1N1CCNCC1.O=C(O)O. The molecule has 0 aliphatic carbocycles. The van der Waals surface area contributed by atoms with Crippen molar-refractivity contribution in [2.75, 3.05) is 31.1 Å². The first kappa shape index (κ1) is 13.3. The lowest BCUT2D eigenvalue weighted by Crippen LogP contribution is -2.43. The van der Waals surface area contributed by atoms with Crippen molar-refractivity contribution in [2.24, 2.45) is 0 Å². The van der Waals surface area contributed by atoms with Crippen molar-refractivity contribution in [3.8, 4) is 0 Å². The second-order valence-corrected chi connectivity index (χ2v) is 3.81. The highest BCUT2D eigenvalue weighted by Gasteiger charge is 2.10. The first-order valence-corrected chi connectivity index (χ1v) is 5.54. The summed E-state index contributed by atoms with van der Waals surface area (Å²) in [7, 11) is 0. The maximum atomic E-state index is 8.56. The minimum Gasteiger partial charge on any atom is -0.450 e. The highest BCUT2D eigenvalue weighted by Crippen LogP contribution is 2.19. The lowest BCUT2D eigenvalue weighted by molar-refractivity contribution is 0.137. The van der Waals surface area contributed by atoms with Gasteiger partial charge in [0.1, 0.15) is 0 Å². The summed E-state index contributed by atoms with van der Waals surface area (Å²) in [5.74, 6) is 0. The number of benzene rings is 1. The van der Waals surface area contributed by atoms with Crippen LogP contribution in [0.15, 0.2) is 24.3 Å². The number of carbonyl (C=O) groups is 1. The van der Waals surface area contributed by atoms with Gasteiger partial charge in [-0.2, -0.15) is 0 Å². The van der Waals surface area contributed by atoms with E-state index >= 15 is 0 Å². The Hall–Kier alpha value is -1.75. The third-order valence-corrected chi connectivity index (χ3v) is 2.57. The van der Waals surface area contributed by atoms with Gasteiger partial charge in [0, 0.05) is 31.9 Å². The van der Waals surface area contributed by atoms with Gasteiger partial charge >= 0.3 is 6.16 Å². The van der Waals surface area contributed by atoms with E-state index in [1.54, 1.807) is 0 Å². The van der Waals surface area contributed by atoms with E-state index in [0.717, 1.165) is 26.2 Å². The van der Waals surface area contributed by atoms with Crippen molar-refractivity contribution in [3.63, 3.8) is 0 Å². The van der Waals surface area contributed by atoms with E-state index in [0.29, 0.717) is 0 Å². The third kappa shape index (κ3) is 4.74. The lowest BCUT2D eigenvalue weighted by Gasteiger charge is -2.30. The minimum absolute atomic E-state index is 1.11. The maximum absolute atomic E-state index is 8.56. The molecular formula is C12H18N2O3. The van der Waals surface area contributed by atoms with Gasteiger partial charge in [-0.1, -0.05) is 18.2 Å². The van der Waals surface area contributed by atoms with Crippen molar-refractivity contribution in [1.29, 1.82) is 0 Å². The first-order chi connectivity index (χ1) is 8.11. The predicted octanol–water partition coefficient (Wildman–Crippen LogP) is 1.63. The maximum Gasteiger partial charge on any atom is 0.503 e. The number of para-hydroxylation sites is 1. The highest BCUT2D eigenvalue weighted by molar-refractivity contribution is 5.53. The van der Waals surface area contributed by atoms with E-state index in [-0.39, 0.29) is 0 Å². The van der Waals surface area contributed by atoms with Crippen LogP contribution in [0.3, 0.4) is 0 Å². The Morgan fingerprint density at radius 1 is 1.24 bits per heavy atom. The average Bonchev–Trinajstić information content (AvgIpc) is 2.30. The predicted molar refractivity (Wildman–Crippen MR) is 66.9 cm³/mol. The van der Waals surface area contributed by atoms with Crippen LogP contribution in [0.1, 0.15) is 5.56 Å². The molecule has 1 aromatic rings. The molecule has 1 saturated heterocycles. The standard InChI is InChI=1S/C11H16N2.CH2O3/c1-10-4-2-3-5-11(10)13-8-6-12-7-9-13;2-1(3)4/h2-5,12H,6-9H2,1H3;(H2,2,3,4). The summed E-state index contributed by atoms with van der Waals surface area (Å²) in [5, 5.41) is 17.3. The van der Waals surface area contributed by atoms with Gasteiger partial charge in [0.2, 0.25) is 0 Å². The van der Waals surface area contributed by atoms with Gasteiger partial charge in [0.15, 0.2) is 0 Å². The molecule has 0 aromatic heterocycles. The second kappa shape index (κ2) is 6.75. The average molecular weight is 238 g/mol. The van der Waals surface area contributed by atoms with Gasteiger partial charge < -0.3 is 20.4 Å².